The van der Waals surface area contributed by atoms with Gasteiger partial charge < -0.3 is 15.2 Å². The monoisotopic (exact) mass is 565 g/mol. The second-order valence-corrected chi connectivity index (χ2v) is 11.4. The van der Waals surface area contributed by atoms with Crippen LogP contribution < -0.4 is 5.73 Å². The van der Waals surface area contributed by atoms with Crippen LogP contribution in [0.15, 0.2) is 48.9 Å². The summed E-state index contributed by atoms with van der Waals surface area (Å²) in [5, 5.41) is 4.57. The highest BCUT2D eigenvalue weighted by atomic mass is 19.1. The van der Waals surface area contributed by atoms with Crippen molar-refractivity contribution in [3.8, 4) is 11.3 Å². The van der Waals surface area contributed by atoms with Crippen molar-refractivity contribution in [1.82, 2.24) is 19.6 Å². The number of ether oxygens (including phenoxy) is 2. The topological polar surface area (TPSA) is 87.6 Å². The molecule has 0 amide bonds. The number of methoxy groups -OCH3 is 1. The molecule has 1 aromatic carbocycles. The molecule has 10 heteroatoms. The van der Waals surface area contributed by atoms with Gasteiger partial charge in [-0.15, -0.1) is 0 Å². The molecule has 0 radical (unpaired) electrons. The van der Waals surface area contributed by atoms with Crippen LogP contribution in [0.25, 0.3) is 16.8 Å². The maximum Gasteiger partial charge on any atom is 0.140 e. The Morgan fingerprint density at radius 2 is 1.85 bits per heavy atom. The molecular formula is C31H34F3N5O2. The normalized spacial score (nSPS) is 24.5. The third-order valence-electron chi connectivity index (χ3n) is 8.75. The van der Waals surface area contributed by atoms with Crippen LogP contribution in [0.5, 0.6) is 0 Å². The van der Waals surface area contributed by atoms with Gasteiger partial charge >= 0.3 is 0 Å². The number of alkyl halides is 1. The van der Waals surface area contributed by atoms with Gasteiger partial charge in [0.1, 0.15) is 23.1 Å². The molecular weight excluding hydrogens is 531 g/mol. The Bertz CT molecular complexity index is 1520. The van der Waals surface area contributed by atoms with Gasteiger partial charge in [-0.1, -0.05) is 6.92 Å². The molecule has 4 atom stereocenters. The summed E-state index contributed by atoms with van der Waals surface area (Å²) in [5.41, 5.74) is 7.28. The third kappa shape index (κ3) is 5.24. The lowest BCUT2D eigenvalue weighted by atomic mass is 9.74. The predicted octanol–water partition coefficient (Wildman–Crippen LogP) is 5.49. The van der Waals surface area contributed by atoms with E-state index >= 15 is 13.2 Å². The molecule has 1 saturated carbocycles. The summed E-state index contributed by atoms with van der Waals surface area (Å²) < 4.78 is 58.6. The Morgan fingerprint density at radius 3 is 2.56 bits per heavy atom. The number of nitrogens with zero attached hydrogens (tertiary/aromatic N) is 4. The molecule has 1 saturated heterocycles. The van der Waals surface area contributed by atoms with Crippen molar-refractivity contribution < 1.29 is 22.6 Å². The molecule has 4 heterocycles. The van der Waals surface area contributed by atoms with Crippen LogP contribution in [0.3, 0.4) is 0 Å². The molecule has 1 aliphatic heterocycles. The lowest BCUT2D eigenvalue weighted by Crippen LogP contribution is -2.45. The fraction of sp³-hybridized carbons (Fsp3) is 0.452. The first-order valence-electron chi connectivity index (χ1n) is 14.1. The van der Waals surface area contributed by atoms with Crippen LogP contribution in [0, 0.1) is 17.6 Å². The van der Waals surface area contributed by atoms with Crippen molar-refractivity contribution in [3.05, 3.63) is 83.1 Å². The summed E-state index contributed by atoms with van der Waals surface area (Å²) >= 11 is 0. The van der Waals surface area contributed by atoms with E-state index in [9.17, 15) is 0 Å². The number of hydrogen-bond donors (Lipinski definition) is 1. The van der Waals surface area contributed by atoms with E-state index < -0.39 is 17.3 Å². The Labute approximate surface area is 236 Å². The first-order chi connectivity index (χ1) is 19.8. The Kier molecular flexibility index (Phi) is 7.56. The minimum absolute atomic E-state index is 0.0124. The van der Waals surface area contributed by atoms with E-state index in [0.29, 0.717) is 23.7 Å². The van der Waals surface area contributed by atoms with E-state index in [2.05, 4.69) is 22.0 Å². The summed E-state index contributed by atoms with van der Waals surface area (Å²) in [6, 6.07) is 7.39. The zero-order chi connectivity index (χ0) is 28.7. The van der Waals surface area contributed by atoms with Gasteiger partial charge in [-0.05, 0) is 71.7 Å². The largest absolute Gasteiger partial charge is 0.381 e. The number of hydrogen-bond acceptors (Lipinski definition) is 6. The Hall–Kier alpha value is -3.34. The van der Waals surface area contributed by atoms with Gasteiger partial charge in [0.25, 0.3) is 0 Å². The molecule has 2 fully saturated rings. The quantitative estimate of drug-likeness (QED) is 0.333. The smallest absolute Gasteiger partial charge is 0.140 e. The fourth-order valence-corrected chi connectivity index (χ4v) is 6.63. The third-order valence-corrected chi connectivity index (χ3v) is 8.75. The zero-order valence-electron chi connectivity index (χ0n) is 23.2. The van der Waals surface area contributed by atoms with Gasteiger partial charge in [-0.2, -0.15) is 5.10 Å². The number of pyridine rings is 1. The Balaban J connectivity index is 1.32. The van der Waals surface area contributed by atoms with Crippen LogP contribution in [0.4, 0.5) is 13.2 Å². The van der Waals surface area contributed by atoms with Gasteiger partial charge in [-0.3, -0.25) is 4.98 Å². The number of halogens is 3. The molecule has 6 rings (SSSR count). The van der Waals surface area contributed by atoms with Crippen LogP contribution >= 0.6 is 0 Å². The van der Waals surface area contributed by atoms with E-state index in [1.54, 1.807) is 36.2 Å². The molecule has 0 spiro atoms. The van der Waals surface area contributed by atoms with Crippen LogP contribution in [0.2, 0.25) is 0 Å². The standard InChI is InChI=1S/C31H34F3N5O2/c1-18-11-19(12-26(35)30(18)40-2)23-5-8-36-16-20(23)13-28-37-17-22-3-4-27(38-39(22)28)29-24(32)14-21(15-25(29)33)31(34)6-9-41-10-7-31/h3-5,8,14-19,26,30H,6-7,9-13,35H2,1-2H3/t18-,19+,26+,30-/m0/s1. The van der Waals surface area contributed by atoms with Crippen LogP contribution in [-0.4, -0.2) is 52.1 Å². The first-order valence-corrected chi connectivity index (χ1v) is 14.1. The number of fused-ring (bicyclic) bond motifs is 1. The summed E-state index contributed by atoms with van der Waals surface area (Å²) in [4.78, 5) is 8.93. The molecule has 1 aliphatic carbocycles. The zero-order valence-corrected chi connectivity index (χ0v) is 23.2. The Morgan fingerprint density at radius 1 is 1.10 bits per heavy atom. The van der Waals surface area contributed by atoms with Gasteiger partial charge in [0, 0.05) is 58.0 Å². The summed E-state index contributed by atoms with van der Waals surface area (Å²) in [7, 11) is 1.71. The van der Waals surface area contributed by atoms with Crippen LogP contribution in [-0.2, 0) is 21.6 Å². The van der Waals surface area contributed by atoms with Crippen molar-refractivity contribution in [3.63, 3.8) is 0 Å². The lowest BCUT2D eigenvalue weighted by molar-refractivity contribution is -0.0117. The summed E-state index contributed by atoms with van der Waals surface area (Å²) in [5.74, 6) is -0.551. The highest BCUT2D eigenvalue weighted by Crippen LogP contribution is 2.40. The summed E-state index contributed by atoms with van der Waals surface area (Å²) in [6.45, 7) is 2.58. The average molecular weight is 566 g/mol. The number of nitrogens with two attached hydrogens (primary N) is 1. The van der Waals surface area contributed by atoms with Crippen molar-refractivity contribution in [1.29, 1.82) is 0 Å². The van der Waals surface area contributed by atoms with E-state index in [1.807, 2.05) is 12.3 Å². The molecule has 2 N–H and O–H groups in total. The van der Waals surface area contributed by atoms with Gasteiger partial charge in [0.15, 0.2) is 0 Å². The van der Waals surface area contributed by atoms with E-state index in [-0.39, 0.29) is 60.9 Å². The maximum atomic E-state index is 15.4. The molecule has 4 aromatic rings. The molecule has 41 heavy (non-hydrogen) atoms. The van der Waals surface area contributed by atoms with E-state index in [0.717, 1.165) is 36.1 Å². The number of imidazole rings is 1. The predicted molar refractivity (Wildman–Crippen MR) is 148 cm³/mol. The van der Waals surface area contributed by atoms with E-state index in [1.165, 1.54) is 0 Å². The highest BCUT2D eigenvalue weighted by Gasteiger charge is 2.37. The van der Waals surface area contributed by atoms with Crippen molar-refractivity contribution in [2.45, 2.75) is 62.8 Å². The minimum atomic E-state index is -1.82. The number of rotatable bonds is 6. The van der Waals surface area contributed by atoms with E-state index in [4.69, 9.17) is 15.2 Å². The van der Waals surface area contributed by atoms with Crippen LogP contribution in [0.1, 0.15) is 61.0 Å². The highest BCUT2D eigenvalue weighted by molar-refractivity contribution is 5.63. The first kappa shape index (κ1) is 27.8. The molecule has 216 valence electrons. The molecule has 7 nitrogen and oxygen atoms in total. The van der Waals surface area contributed by atoms with Gasteiger partial charge in [0.2, 0.25) is 0 Å². The summed E-state index contributed by atoms with van der Waals surface area (Å²) in [6.07, 6.45) is 7.61. The fourth-order valence-electron chi connectivity index (χ4n) is 6.63. The number of aromatic nitrogens is 4. The second-order valence-electron chi connectivity index (χ2n) is 11.4. The van der Waals surface area contributed by atoms with Crippen molar-refractivity contribution in [2.75, 3.05) is 20.3 Å². The molecule has 0 bridgehead atoms. The molecule has 2 aliphatic rings. The maximum absolute atomic E-state index is 15.4. The van der Waals surface area contributed by atoms with Gasteiger partial charge in [-0.25, -0.2) is 22.7 Å². The van der Waals surface area contributed by atoms with Gasteiger partial charge in [0.05, 0.1) is 29.1 Å². The minimum Gasteiger partial charge on any atom is -0.381 e. The molecule has 0 unspecified atom stereocenters. The van der Waals surface area contributed by atoms with Crippen molar-refractivity contribution >= 4 is 5.52 Å². The average Bonchev–Trinajstić information content (AvgIpc) is 3.35. The second kappa shape index (κ2) is 11.2. The lowest BCUT2D eigenvalue weighted by Gasteiger charge is -2.38. The number of benzene rings is 1. The molecule has 3 aromatic heterocycles. The van der Waals surface area contributed by atoms with Crippen molar-refractivity contribution in [2.24, 2.45) is 11.7 Å². The SMILES string of the molecule is CO[C@@H]1[C@H](N)C[C@H](c2ccncc2Cc2ncc3ccc(-c4c(F)cc(C5(F)CCOCC5)cc4F)nn23)C[C@@H]1C.